The van der Waals surface area contributed by atoms with Crippen LogP contribution < -0.4 is 34.2 Å². The van der Waals surface area contributed by atoms with Gasteiger partial charge in [-0.05, 0) is 63.1 Å². The Morgan fingerprint density at radius 3 is 1.39 bits per heavy atom. The SMILES string of the molecule is CC.CC.CC.CC(=O)N(C)c1cccc(C)c1.CC(=O)[O-].CCOC(C)=O.CNc1cccc(C)c1.[B].[B].[B].[Li+]. The van der Waals surface area contributed by atoms with Crippen LogP contribution >= 0.6 is 0 Å². The first kappa shape index (κ1) is 62.2. The van der Waals surface area contributed by atoms with Gasteiger partial charge in [0.15, 0.2) is 0 Å². The van der Waals surface area contributed by atoms with Crippen LogP contribution in [0.5, 0.6) is 0 Å². The number of carboxylic acid groups (broad SMARTS) is 1. The third kappa shape index (κ3) is 50.8. The molecule has 2 aromatic rings. The smallest absolute Gasteiger partial charge is 0.550 e. The number of nitrogens with zero attached hydrogens (tertiary/aromatic N) is 1. The van der Waals surface area contributed by atoms with Crippen LogP contribution in [0.2, 0.25) is 0 Å². The summed E-state index contributed by atoms with van der Waals surface area (Å²) in [6, 6.07) is 16.2. The second-order valence-corrected chi connectivity index (χ2v) is 6.45. The van der Waals surface area contributed by atoms with Gasteiger partial charge in [-0.1, -0.05) is 65.8 Å². The largest absolute Gasteiger partial charge is 1.00 e. The number of carbonyl (C=O) groups is 3. The Morgan fingerprint density at radius 2 is 1.17 bits per heavy atom. The third-order valence-electron chi connectivity index (χ3n) is 3.52. The van der Waals surface area contributed by atoms with Crippen molar-refractivity contribution in [1.29, 1.82) is 0 Å². The zero-order chi connectivity index (χ0) is 30.4. The molecule has 0 saturated heterocycles. The number of amides is 1. The fraction of sp³-hybridized carbons (Fsp3) is 0.500. The third-order valence-corrected chi connectivity index (χ3v) is 3.52. The maximum Gasteiger partial charge on any atom is 1.00 e. The van der Waals surface area contributed by atoms with Gasteiger partial charge in [-0.3, -0.25) is 9.59 Å². The first-order valence-corrected chi connectivity index (χ1v) is 12.8. The molecule has 11 heteroatoms. The van der Waals surface area contributed by atoms with Gasteiger partial charge in [-0.15, -0.1) is 0 Å². The maximum absolute atomic E-state index is 11.0. The Balaban J connectivity index is -0.0000000455. The predicted octanol–water partition coefficient (Wildman–Crippen LogP) is 2.28. The number of anilines is 2. The van der Waals surface area contributed by atoms with Gasteiger partial charge in [0.2, 0.25) is 5.91 Å². The molecule has 0 aromatic heterocycles. The van der Waals surface area contributed by atoms with E-state index in [0.717, 1.165) is 12.6 Å². The number of carboxylic acids is 1. The van der Waals surface area contributed by atoms with Crippen molar-refractivity contribution in [2.75, 3.05) is 30.9 Å². The Labute approximate surface area is 270 Å². The molecule has 0 aliphatic carbocycles. The molecule has 1 N–H and O–H groups in total. The predicted molar refractivity (Wildman–Crippen MR) is 175 cm³/mol. The van der Waals surface area contributed by atoms with E-state index in [4.69, 9.17) is 9.90 Å². The Kier molecular flexibility index (Phi) is 71.6. The fourth-order valence-corrected chi connectivity index (χ4v) is 2.02. The van der Waals surface area contributed by atoms with Crippen molar-refractivity contribution in [3.8, 4) is 0 Å². The minimum atomic E-state index is -1.08. The van der Waals surface area contributed by atoms with E-state index in [2.05, 4.69) is 29.1 Å². The van der Waals surface area contributed by atoms with Crippen molar-refractivity contribution in [3.05, 3.63) is 59.7 Å². The van der Waals surface area contributed by atoms with Gasteiger partial charge in [-0.25, -0.2) is 0 Å². The first-order chi connectivity index (χ1) is 17.4. The van der Waals surface area contributed by atoms with Crippen molar-refractivity contribution in [2.45, 2.75) is 83.1 Å². The Morgan fingerprint density at radius 1 is 0.805 bits per heavy atom. The zero-order valence-corrected chi connectivity index (χ0v) is 28.5. The molecule has 0 bridgehead atoms. The molecule has 7 nitrogen and oxygen atoms in total. The number of benzene rings is 2. The Bertz CT molecular complexity index is 826. The van der Waals surface area contributed by atoms with Crippen molar-refractivity contribution in [3.63, 3.8) is 0 Å². The van der Waals surface area contributed by atoms with E-state index in [9.17, 15) is 9.59 Å². The van der Waals surface area contributed by atoms with Crippen LogP contribution in [0.15, 0.2) is 48.5 Å². The molecule has 223 valence electrons. The number of aliphatic carboxylic acids is 1. The summed E-state index contributed by atoms with van der Waals surface area (Å²) in [5.41, 5.74) is 4.58. The van der Waals surface area contributed by atoms with E-state index >= 15 is 0 Å². The van der Waals surface area contributed by atoms with Crippen molar-refractivity contribution in [1.82, 2.24) is 0 Å². The van der Waals surface area contributed by atoms with Crippen LogP contribution in [-0.4, -0.2) is 63.8 Å². The number of carbonyl (C=O) groups excluding carboxylic acids is 3. The van der Waals surface area contributed by atoms with Gasteiger partial charge >= 0.3 is 24.8 Å². The van der Waals surface area contributed by atoms with Crippen molar-refractivity contribution < 1.29 is 43.1 Å². The van der Waals surface area contributed by atoms with Gasteiger partial charge in [0.25, 0.3) is 0 Å². The maximum atomic E-state index is 11.0. The molecule has 0 aliphatic heterocycles. The number of aryl methyl sites for hydroxylation is 2. The second-order valence-electron chi connectivity index (χ2n) is 6.45. The minimum absolute atomic E-state index is 0. The summed E-state index contributed by atoms with van der Waals surface area (Å²) in [6.07, 6.45) is 0. The number of nitrogens with one attached hydrogen (secondary N) is 1. The summed E-state index contributed by atoms with van der Waals surface area (Å²) in [4.78, 5) is 31.3. The quantitative estimate of drug-likeness (QED) is 0.457. The van der Waals surface area contributed by atoms with Gasteiger partial charge in [0.1, 0.15) is 0 Å². The number of rotatable bonds is 3. The van der Waals surface area contributed by atoms with Crippen LogP contribution in [0.25, 0.3) is 0 Å². The molecular weight excluding hydrogens is 508 g/mol. The average Bonchev–Trinajstić information content (AvgIpc) is 2.87. The summed E-state index contributed by atoms with van der Waals surface area (Å²) in [7, 11) is 3.70. The van der Waals surface area contributed by atoms with E-state index in [1.807, 2.05) is 91.9 Å². The molecule has 1 amide bonds. The molecule has 2 aromatic carbocycles. The first-order valence-electron chi connectivity index (χ1n) is 12.8. The monoisotopic (exact) mass is 561 g/mol. The van der Waals surface area contributed by atoms with E-state index in [1.54, 1.807) is 25.8 Å². The summed E-state index contributed by atoms with van der Waals surface area (Å²) in [6.45, 7) is 22.3. The van der Waals surface area contributed by atoms with Gasteiger partial charge in [-0.2, -0.15) is 0 Å². The second kappa shape index (κ2) is 47.2. The zero-order valence-electron chi connectivity index (χ0n) is 28.5. The number of hydrogen-bond acceptors (Lipinski definition) is 6. The van der Waals surface area contributed by atoms with Gasteiger partial charge in [0, 0.05) is 70.5 Å². The molecule has 0 atom stereocenters. The fourth-order valence-electron chi connectivity index (χ4n) is 2.02. The number of hydrogen-bond donors (Lipinski definition) is 1. The van der Waals surface area contributed by atoms with Crippen LogP contribution in [0.4, 0.5) is 11.4 Å². The molecule has 0 unspecified atom stereocenters. The minimum Gasteiger partial charge on any atom is -0.550 e. The molecule has 0 aliphatic rings. The van der Waals surface area contributed by atoms with E-state index < -0.39 is 5.97 Å². The molecular formula is C30H53B3LiN2O5. The van der Waals surface area contributed by atoms with Crippen LogP contribution in [0, 0.1) is 13.8 Å². The standard InChI is InChI=1S/C10H13NO.C8H11N.C4H8O2.C2H4O2.3C2H6.3B.Li/c1-8-5-4-6-10(7-8)11(3)9(2)12;1-7-4-3-5-8(6-7)9-2;1-3-6-4(2)5;1-2(3)4;3*1-2;;;;/h4-7H,1-3H3;3-6,9H,1-2H3;3H2,1-2H3;1H3,(H,3,4);3*1-2H3;;;;/q;;;;;;;;;;+1/p-1. The summed E-state index contributed by atoms with van der Waals surface area (Å²) >= 11 is 0. The normalized spacial score (nSPS) is 6.98. The molecule has 0 fully saturated rings. The Hall–Kier alpha value is -2.56. The van der Waals surface area contributed by atoms with Gasteiger partial charge in [0.05, 0.1) is 6.61 Å². The molecule has 0 spiro atoms. The van der Waals surface area contributed by atoms with Gasteiger partial charge < -0.3 is 24.9 Å². The number of ether oxygens (including phenoxy) is 1. The molecule has 41 heavy (non-hydrogen) atoms. The van der Waals surface area contributed by atoms with Crippen LogP contribution in [0.3, 0.4) is 0 Å². The van der Waals surface area contributed by atoms with E-state index in [0.29, 0.717) is 6.61 Å². The summed E-state index contributed by atoms with van der Waals surface area (Å²) in [5.74, 6) is -1.24. The summed E-state index contributed by atoms with van der Waals surface area (Å²) in [5, 5.41) is 12.0. The summed E-state index contributed by atoms with van der Waals surface area (Å²) < 4.78 is 4.40. The van der Waals surface area contributed by atoms with Crippen LogP contribution in [0.1, 0.15) is 80.4 Å². The topological polar surface area (TPSA) is 98.8 Å². The van der Waals surface area contributed by atoms with Crippen molar-refractivity contribution >= 4 is 54.5 Å². The average molecular weight is 561 g/mol. The molecule has 2 rings (SSSR count). The van der Waals surface area contributed by atoms with Crippen LogP contribution in [-0.2, 0) is 19.1 Å². The van der Waals surface area contributed by atoms with Crippen molar-refractivity contribution in [2.24, 2.45) is 0 Å². The number of esters is 1. The molecule has 0 saturated carbocycles. The van der Waals surface area contributed by atoms with E-state index in [-0.39, 0.29) is 56.0 Å². The molecule has 0 heterocycles. The van der Waals surface area contributed by atoms with E-state index in [1.165, 1.54) is 23.7 Å². The molecule has 9 radical (unpaired) electrons.